The van der Waals surface area contributed by atoms with E-state index in [1.54, 1.807) is 0 Å². The Morgan fingerprint density at radius 2 is 1.52 bits per heavy atom. The third kappa shape index (κ3) is 4.31. The molecule has 3 heteroatoms. The molecule has 0 aliphatic rings. The van der Waals surface area contributed by atoms with Gasteiger partial charge in [0.1, 0.15) is 0 Å². The van der Waals surface area contributed by atoms with Crippen LogP contribution in [0.25, 0.3) is 0 Å². The average Bonchev–Trinajstić information content (AvgIpc) is 2.49. The number of nitrogens with one attached hydrogen (secondary N) is 1. The maximum Gasteiger partial charge on any atom is 0.0974 e. The molecule has 114 valence electrons. The van der Waals surface area contributed by atoms with E-state index in [0.717, 1.165) is 17.7 Å². The van der Waals surface area contributed by atoms with Crippen molar-refractivity contribution < 1.29 is 5.11 Å². The van der Waals surface area contributed by atoms with Gasteiger partial charge in [0.2, 0.25) is 0 Å². The maximum atomic E-state index is 11.3. The van der Waals surface area contributed by atoms with E-state index in [9.17, 15) is 5.11 Å². The number of hydrogen-bond donors (Lipinski definition) is 2. The fourth-order valence-electron chi connectivity index (χ4n) is 2.67. The maximum absolute atomic E-state index is 11.3. The SMILES string of the molecule is CNCC(C)C(O)(Cc1ccccc1)c1ccccc1.Cl. The summed E-state index contributed by atoms with van der Waals surface area (Å²) in [6.07, 6.45) is 0.626. The number of hydrogen-bond acceptors (Lipinski definition) is 2. The molecule has 2 aromatic rings. The number of aliphatic hydroxyl groups is 1. The van der Waals surface area contributed by atoms with Gasteiger partial charge in [-0.15, -0.1) is 12.4 Å². The molecule has 21 heavy (non-hydrogen) atoms. The summed E-state index contributed by atoms with van der Waals surface area (Å²) in [6, 6.07) is 20.1. The Morgan fingerprint density at radius 3 is 2.05 bits per heavy atom. The van der Waals surface area contributed by atoms with E-state index in [-0.39, 0.29) is 18.3 Å². The van der Waals surface area contributed by atoms with Crippen LogP contribution in [0.1, 0.15) is 18.1 Å². The first-order valence-electron chi connectivity index (χ1n) is 7.13. The molecule has 0 aliphatic heterocycles. The molecule has 0 radical (unpaired) electrons. The van der Waals surface area contributed by atoms with Crippen LogP contribution in [-0.4, -0.2) is 18.7 Å². The molecule has 2 nitrogen and oxygen atoms in total. The first-order valence-corrected chi connectivity index (χ1v) is 7.13. The molecule has 0 amide bonds. The smallest absolute Gasteiger partial charge is 0.0974 e. The van der Waals surface area contributed by atoms with Crippen molar-refractivity contribution in [3.63, 3.8) is 0 Å². The Bertz CT molecular complexity index is 517. The number of benzene rings is 2. The summed E-state index contributed by atoms with van der Waals surface area (Å²) in [5, 5.41) is 14.5. The summed E-state index contributed by atoms with van der Waals surface area (Å²) in [6.45, 7) is 2.87. The second-order valence-corrected chi connectivity index (χ2v) is 5.41. The third-order valence-electron chi connectivity index (χ3n) is 3.92. The highest BCUT2D eigenvalue weighted by atomic mass is 35.5. The molecular formula is C18H24ClNO. The highest BCUT2D eigenvalue weighted by Crippen LogP contribution is 2.33. The lowest BCUT2D eigenvalue weighted by Gasteiger charge is -2.35. The van der Waals surface area contributed by atoms with Crippen LogP contribution in [-0.2, 0) is 12.0 Å². The van der Waals surface area contributed by atoms with Gasteiger partial charge in [0.05, 0.1) is 5.60 Å². The van der Waals surface area contributed by atoms with Gasteiger partial charge in [-0.05, 0) is 18.2 Å². The van der Waals surface area contributed by atoms with Gasteiger partial charge in [0.15, 0.2) is 0 Å². The summed E-state index contributed by atoms with van der Waals surface area (Å²) in [7, 11) is 1.92. The van der Waals surface area contributed by atoms with E-state index in [2.05, 4.69) is 24.4 Å². The van der Waals surface area contributed by atoms with Crippen LogP contribution in [0.2, 0.25) is 0 Å². The molecule has 2 unspecified atom stereocenters. The van der Waals surface area contributed by atoms with Crippen molar-refractivity contribution in [2.45, 2.75) is 18.9 Å². The van der Waals surface area contributed by atoms with E-state index in [1.165, 1.54) is 0 Å². The van der Waals surface area contributed by atoms with Crippen LogP contribution in [0.4, 0.5) is 0 Å². The van der Waals surface area contributed by atoms with E-state index in [1.807, 2.05) is 55.6 Å². The summed E-state index contributed by atoms with van der Waals surface area (Å²) in [5.41, 5.74) is 1.28. The Balaban J connectivity index is 0.00000220. The van der Waals surface area contributed by atoms with Crippen molar-refractivity contribution in [3.8, 4) is 0 Å². The van der Waals surface area contributed by atoms with Gasteiger partial charge in [0, 0.05) is 18.9 Å². The van der Waals surface area contributed by atoms with E-state index >= 15 is 0 Å². The van der Waals surface area contributed by atoms with Crippen molar-refractivity contribution in [3.05, 3.63) is 71.8 Å². The Kier molecular flexibility index (Phi) is 6.90. The average molecular weight is 306 g/mol. The van der Waals surface area contributed by atoms with Crippen LogP contribution < -0.4 is 5.32 Å². The standard InChI is InChI=1S/C18H23NO.ClH/c1-15(14-19-2)18(20,17-11-7-4-8-12-17)13-16-9-5-3-6-10-16;/h3-12,15,19-20H,13-14H2,1-2H3;1H. The molecule has 0 heterocycles. The van der Waals surface area contributed by atoms with E-state index in [4.69, 9.17) is 0 Å². The van der Waals surface area contributed by atoms with Gasteiger partial charge < -0.3 is 10.4 Å². The lowest BCUT2D eigenvalue weighted by atomic mass is 9.78. The Labute approximate surface area is 133 Å². The van der Waals surface area contributed by atoms with Crippen molar-refractivity contribution in [2.24, 2.45) is 5.92 Å². The van der Waals surface area contributed by atoms with Gasteiger partial charge in [-0.1, -0.05) is 67.6 Å². The lowest BCUT2D eigenvalue weighted by molar-refractivity contribution is -0.0160. The molecule has 2 aromatic carbocycles. The van der Waals surface area contributed by atoms with Crippen LogP contribution in [0, 0.1) is 5.92 Å². The minimum absolute atomic E-state index is 0. The highest BCUT2D eigenvalue weighted by Gasteiger charge is 2.35. The number of halogens is 1. The van der Waals surface area contributed by atoms with Gasteiger partial charge >= 0.3 is 0 Å². The molecule has 0 aromatic heterocycles. The second kappa shape index (κ2) is 8.18. The molecule has 0 spiro atoms. The monoisotopic (exact) mass is 305 g/mol. The van der Waals surface area contributed by atoms with Crippen molar-refractivity contribution in [2.75, 3.05) is 13.6 Å². The van der Waals surface area contributed by atoms with Crippen LogP contribution in [0.15, 0.2) is 60.7 Å². The number of rotatable bonds is 6. The summed E-state index contributed by atoms with van der Waals surface area (Å²) in [4.78, 5) is 0. The van der Waals surface area contributed by atoms with E-state index < -0.39 is 5.60 Å². The molecule has 0 saturated heterocycles. The van der Waals surface area contributed by atoms with Crippen molar-refractivity contribution in [1.29, 1.82) is 0 Å². The van der Waals surface area contributed by atoms with Gasteiger partial charge in [0.25, 0.3) is 0 Å². The summed E-state index contributed by atoms with van der Waals surface area (Å²) >= 11 is 0. The zero-order valence-corrected chi connectivity index (χ0v) is 13.4. The van der Waals surface area contributed by atoms with Crippen LogP contribution >= 0.6 is 12.4 Å². The van der Waals surface area contributed by atoms with Gasteiger partial charge in [-0.3, -0.25) is 0 Å². The molecule has 0 aliphatic carbocycles. The molecule has 0 saturated carbocycles. The molecule has 2 rings (SSSR count). The normalized spacial score (nSPS) is 14.8. The van der Waals surface area contributed by atoms with Gasteiger partial charge in [-0.25, -0.2) is 0 Å². The second-order valence-electron chi connectivity index (χ2n) is 5.41. The minimum Gasteiger partial charge on any atom is -0.384 e. The Morgan fingerprint density at radius 1 is 1.00 bits per heavy atom. The quantitative estimate of drug-likeness (QED) is 0.857. The zero-order chi connectivity index (χ0) is 14.4. The topological polar surface area (TPSA) is 32.3 Å². The van der Waals surface area contributed by atoms with Crippen molar-refractivity contribution in [1.82, 2.24) is 5.32 Å². The largest absolute Gasteiger partial charge is 0.384 e. The van der Waals surface area contributed by atoms with E-state index in [0.29, 0.717) is 6.42 Å². The fourth-order valence-corrected chi connectivity index (χ4v) is 2.67. The van der Waals surface area contributed by atoms with Gasteiger partial charge in [-0.2, -0.15) is 0 Å². The third-order valence-corrected chi connectivity index (χ3v) is 3.92. The summed E-state index contributed by atoms with van der Waals surface area (Å²) in [5.74, 6) is 0.120. The highest BCUT2D eigenvalue weighted by molar-refractivity contribution is 5.85. The zero-order valence-electron chi connectivity index (χ0n) is 12.6. The summed E-state index contributed by atoms with van der Waals surface area (Å²) < 4.78 is 0. The predicted octanol–water partition coefficient (Wildman–Crippen LogP) is 3.39. The fraction of sp³-hybridized carbons (Fsp3) is 0.333. The minimum atomic E-state index is -0.856. The first kappa shape index (κ1) is 17.7. The molecule has 0 bridgehead atoms. The predicted molar refractivity (Wildman–Crippen MR) is 90.8 cm³/mol. The van der Waals surface area contributed by atoms with Crippen LogP contribution in [0.3, 0.4) is 0 Å². The van der Waals surface area contributed by atoms with Crippen molar-refractivity contribution >= 4 is 12.4 Å². The molecule has 2 atom stereocenters. The van der Waals surface area contributed by atoms with Crippen LogP contribution in [0.5, 0.6) is 0 Å². The first-order chi connectivity index (χ1) is 9.66. The molecule has 0 fully saturated rings. The molecular weight excluding hydrogens is 282 g/mol. The Hall–Kier alpha value is -1.35. The lowest BCUT2D eigenvalue weighted by Crippen LogP contribution is -2.40. The molecule has 2 N–H and O–H groups in total.